The SMILES string of the molecule is Cc1cc(C)cc(-n2nc(C(=O)Nc3cnn(C(C)(C)C(=O)O)c3)cc2C)c1. The number of anilines is 1. The first-order valence-corrected chi connectivity index (χ1v) is 8.83. The Balaban J connectivity index is 1.83. The molecule has 0 aliphatic carbocycles. The van der Waals surface area contributed by atoms with Crippen molar-refractivity contribution in [2.45, 2.75) is 40.2 Å². The van der Waals surface area contributed by atoms with Gasteiger partial charge in [0.05, 0.1) is 17.6 Å². The van der Waals surface area contributed by atoms with Gasteiger partial charge in [-0.25, -0.2) is 9.48 Å². The highest BCUT2D eigenvalue weighted by molar-refractivity contribution is 6.02. The molecule has 2 N–H and O–H groups in total. The second-order valence-corrected chi connectivity index (χ2v) is 7.42. The van der Waals surface area contributed by atoms with Crippen molar-refractivity contribution < 1.29 is 14.7 Å². The summed E-state index contributed by atoms with van der Waals surface area (Å²) in [6, 6.07) is 7.80. The van der Waals surface area contributed by atoms with Crippen LogP contribution in [0.1, 0.15) is 41.2 Å². The number of benzene rings is 1. The first-order chi connectivity index (χ1) is 13.1. The highest BCUT2D eigenvalue weighted by Crippen LogP contribution is 2.19. The summed E-state index contributed by atoms with van der Waals surface area (Å²) in [7, 11) is 0. The normalized spacial score (nSPS) is 11.5. The van der Waals surface area contributed by atoms with E-state index >= 15 is 0 Å². The molecular formula is C20H23N5O3. The number of aliphatic carboxylic acids is 1. The number of carboxylic acid groups (broad SMARTS) is 1. The van der Waals surface area contributed by atoms with Gasteiger partial charge < -0.3 is 10.4 Å². The van der Waals surface area contributed by atoms with Gasteiger partial charge in [0.1, 0.15) is 0 Å². The molecule has 0 aliphatic rings. The number of aromatic nitrogens is 4. The molecule has 0 spiro atoms. The molecule has 28 heavy (non-hydrogen) atoms. The second kappa shape index (κ2) is 6.95. The quantitative estimate of drug-likeness (QED) is 0.707. The Bertz CT molecular complexity index is 1040. The van der Waals surface area contributed by atoms with Gasteiger partial charge in [-0.3, -0.25) is 9.48 Å². The van der Waals surface area contributed by atoms with Gasteiger partial charge in [0.15, 0.2) is 11.2 Å². The van der Waals surface area contributed by atoms with Crippen LogP contribution in [-0.2, 0) is 10.3 Å². The van der Waals surface area contributed by atoms with Crippen LogP contribution in [0.3, 0.4) is 0 Å². The molecule has 2 aromatic heterocycles. The number of aryl methyl sites for hydroxylation is 3. The van der Waals surface area contributed by atoms with E-state index in [4.69, 9.17) is 0 Å². The maximum atomic E-state index is 12.6. The van der Waals surface area contributed by atoms with Gasteiger partial charge in [-0.05, 0) is 63.9 Å². The Labute approximate surface area is 162 Å². The van der Waals surface area contributed by atoms with E-state index in [0.29, 0.717) is 5.69 Å². The minimum atomic E-state index is -1.22. The van der Waals surface area contributed by atoms with Gasteiger partial charge in [-0.2, -0.15) is 10.2 Å². The zero-order chi connectivity index (χ0) is 20.6. The van der Waals surface area contributed by atoms with E-state index in [0.717, 1.165) is 22.5 Å². The van der Waals surface area contributed by atoms with Gasteiger partial charge in [0.25, 0.3) is 5.91 Å². The summed E-state index contributed by atoms with van der Waals surface area (Å²) < 4.78 is 3.02. The van der Waals surface area contributed by atoms with Gasteiger partial charge in [0.2, 0.25) is 0 Å². The number of rotatable bonds is 5. The summed E-state index contributed by atoms with van der Waals surface area (Å²) in [5.74, 6) is -1.41. The number of hydrogen-bond donors (Lipinski definition) is 2. The topological polar surface area (TPSA) is 102 Å². The lowest BCUT2D eigenvalue weighted by atomic mass is 10.1. The van der Waals surface area contributed by atoms with Crippen LogP contribution in [0.4, 0.5) is 5.69 Å². The summed E-state index contributed by atoms with van der Waals surface area (Å²) in [6.45, 7) is 8.97. The van der Waals surface area contributed by atoms with Crippen molar-refractivity contribution in [2.75, 3.05) is 5.32 Å². The molecule has 146 valence electrons. The molecule has 8 heteroatoms. The molecule has 1 aromatic carbocycles. The molecule has 2 heterocycles. The molecule has 0 bridgehead atoms. The highest BCUT2D eigenvalue weighted by Gasteiger charge is 2.30. The van der Waals surface area contributed by atoms with E-state index < -0.39 is 11.5 Å². The van der Waals surface area contributed by atoms with Crippen molar-refractivity contribution in [1.29, 1.82) is 0 Å². The monoisotopic (exact) mass is 381 g/mol. The summed E-state index contributed by atoms with van der Waals surface area (Å²) in [4.78, 5) is 23.9. The molecule has 0 atom stereocenters. The van der Waals surface area contributed by atoms with E-state index in [1.807, 2.05) is 32.9 Å². The van der Waals surface area contributed by atoms with Crippen molar-refractivity contribution in [3.8, 4) is 5.69 Å². The molecule has 0 unspecified atom stereocenters. The molecule has 0 saturated carbocycles. The first-order valence-electron chi connectivity index (χ1n) is 8.83. The van der Waals surface area contributed by atoms with E-state index in [1.54, 1.807) is 10.7 Å². The Kier molecular flexibility index (Phi) is 4.80. The molecule has 8 nitrogen and oxygen atoms in total. The summed E-state index contributed by atoms with van der Waals surface area (Å²) >= 11 is 0. The van der Waals surface area contributed by atoms with E-state index in [2.05, 4.69) is 21.6 Å². The number of nitrogens with zero attached hydrogens (tertiary/aromatic N) is 4. The van der Waals surface area contributed by atoms with Gasteiger partial charge in [-0.15, -0.1) is 0 Å². The van der Waals surface area contributed by atoms with Crippen LogP contribution in [0, 0.1) is 20.8 Å². The molecule has 1 amide bonds. The molecule has 0 saturated heterocycles. The predicted molar refractivity (Wildman–Crippen MR) is 105 cm³/mol. The fraction of sp³-hybridized carbons (Fsp3) is 0.300. The van der Waals surface area contributed by atoms with Gasteiger partial charge >= 0.3 is 5.97 Å². The molecular weight excluding hydrogens is 358 g/mol. The lowest BCUT2D eigenvalue weighted by molar-refractivity contribution is -0.146. The van der Waals surface area contributed by atoms with Crippen molar-refractivity contribution >= 4 is 17.6 Å². The lowest BCUT2D eigenvalue weighted by Gasteiger charge is -2.19. The maximum absolute atomic E-state index is 12.6. The Hall–Kier alpha value is -3.42. The van der Waals surface area contributed by atoms with Crippen LogP contribution < -0.4 is 5.32 Å². The molecule has 3 aromatic rings. The average Bonchev–Trinajstić information content (AvgIpc) is 3.21. The standard InChI is InChI=1S/C20H23N5O3/c1-12-6-13(2)8-16(7-12)25-14(3)9-17(23-25)18(26)22-15-10-21-24(11-15)20(4,5)19(27)28/h6-11H,1-5H3,(H,22,26)(H,27,28). The fourth-order valence-electron chi connectivity index (χ4n) is 2.91. The number of nitrogens with one attached hydrogen (secondary N) is 1. The largest absolute Gasteiger partial charge is 0.479 e. The van der Waals surface area contributed by atoms with Crippen molar-refractivity contribution in [2.24, 2.45) is 0 Å². The maximum Gasteiger partial charge on any atom is 0.331 e. The minimum Gasteiger partial charge on any atom is -0.479 e. The third-order valence-electron chi connectivity index (χ3n) is 4.51. The molecule has 3 rings (SSSR count). The average molecular weight is 381 g/mol. The van der Waals surface area contributed by atoms with Crippen molar-refractivity contribution in [3.63, 3.8) is 0 Å². The highest BCUT2D eigenvalue weighted by atomic mass is 16.4. The van der Waals surface area contributed by atoms with Crippen LogP contribution in [0.5, 0.6) is 0 Å². The molecule has 0 radical (unpaired) electrons. The smallest absolute Gasteiger partial charge is 0.331 e. The van der Waals surface area contributed by atoms with Crippen LogP contribution in [0.25, 0.3) is 5.69 Å². The van der Waals surface area contributed by atoms with E-state index in [9.17, 15) is 14.7 Å². The van der Waals surface area contributed by atoms with Crippen LogP contribution in [-0.4, -0.2) is 36.5 Å². The Morgan fingerprint density at radius 1 is 1.07 bits per heavy atom. The Morgan fingerprint density at radius 2 is 1.71 bits per heavy atom. The second-order valence-electron chi connectivity index (χ2n) is 7.42. The van der Waals surface area contributed by atoms with E-state index in [-0.39, 0.29) is 11.6 Å². The zero-order valence-electron chi connectivity index (χ0n) is 16.5. The van der Waals surface area contributed by atoms with Crippen LogP contribution >= 0.6 is 0 Å². The molecule has 0 fully saturated rings. The number of carboxylic acids is 1. The van der Waals surface area contributed by atoms with Crippen molar-refractivity contribution in [1.82, 2.24) is 19.6 Å². The summed E-state index contributed by atoms with van der Waals surface area (Å²) in [5, 5.41) is 20.5. The first kappa shape index (κ1) is 19.3. The predicted octanol–water partition coefficient (Wildman–Crippen LogP) is 3.07. The third kappa shape index (κ3) is 3.66. The van der Waals surface area contributed by atoms with Gasteiger partial charge in [0, 0.05) is 11.9 Å². The number of carbonyl (C=O) groups excluding carboxylic acids is 1. The Morgan fingerprint density at radius 3 is 2.32 bits per heavy atom. The zero-order valence-corrected chi connectivity index (χ0v) is 16.5. The number of carbonyl (C=O) groups is 2. The minimum absolute atomic E-state index is 0.266. The van der Waals surface area contributed by atoms with Crippen LogP contribution in [0.15, 0.2) is 36.7 Å². The fourth-order valence-corrected chi connectivity index (χ4v) is 2.91. The number of amides is 1. The molecule has 0 aliphatic heterocycles. The summed E-state index contributed by atoms with van der Waals surface area (Å²) in [5.41, 5.74) is 3.40. The number of hydrogen-bond acceptors (Lipinski definition) is 4. The van der Waals surface area contributed by atoms with E-state index in [1.165, 1.54) is 30.9 Å². The lowest BCUT2D eigenvalue weighted by Crippen LogP contribution is -2.35. The third-order valence-corrected chi connectivity index (χ3v) is 4.51. The summed E-state index contributed by atoms with van der Waals surface area (Å²) in [6.07, 6.45) is 2.90. The van der Waals surface area contributed by atoms with Gasteiger partial charge in [-0.1, -0.05) is 6.07 Å². The van der Waals surface area contributed by atoms with Crippen LogP contribution in [0.2, 0.25) is 0 Å². The van der Waals surface area contributed by atoms with Crippen molar-refractivity contribution in [3.05, 3.63) is 59.2 Å².